The van der Waals surface area contributed by atoms with Gasteiger partial charge in [-0.25, -0.2) is 0 Å². The zero-order valence-corrected chi connectivity index (χ0v) is 13.2. The normalized spacial score (nSPS) is 14.3. The number of thioether (sulfide) groups is 1. The molecule has 1 aliphatic carbocycles. The first-order valence-electron chi connectivity index (χ1n) is 7.53. The molecule has 0 radical (unpaired) electrons. The fraction of sp³-hybridized carbons (Fsp3) is 0.312. The number of aliphatic hydroxyl groups is 1. The first-order valence-corrected chi connectivity index (χ1v) is 8.52. The second kappa shape index (κ2) is 6.17. The van der Waals surface area contributed by atoms with Gasteiger partial charge in [0.2, 0.25) is 0 Å². The van der Waals surface area contributed by atoms with E-state index in [1.165, 1.54) is 0 Å². The van der Waals surface area contributed by atoms with Gasteiger partial charge in [-0.05, 0) is 12.8 Å². The number of hydrogen-bond donors (Lipinski definition) is 1. The van der Waals surface area contributed by atoms with Gasteiger partial charge in [-0.2, -0.15) is 0 Å². The molecule has 7 heteroatoms. The van der Waals surface area contributed by atoms with Gasteiger partial charge >= 0.3 is 0 Å². The highest BCUT2D eigenvalue weighted by Crippen LogP contribution is 2.39. The smallest absolute Gasteiger partial charge is 0.191 e. The quantitative estimate of drug-likeness (QED) is 0.701. The Morgan fingerprint density at radius 3 is 2.78 bits per heavy atom. The molecule has 1 N–H and O–H groups in total. The van der Waals surface area contributed by atoms with E-state index in [2.05, 4.69) is 15.4 Å². The van der Waals surface area contributed by atoms with Crippen molar-refractivity contribution >= 4 is 11.8 Å². The van der Waals surface area contributed by atoms with Gasteiger partial charge in [0.15, 0.2) is 16.7 Å². The molecule has 0 unspecified atom stereocenters. The number of aliphatic hydroxyl groups excluding tert-OH is 1. The Hall–Kier alpha value is -2.12. The predicted molar refractivity (Wildman–Crippen MR) is 85.7 cm³/mol. The fourth-order valence-electron chi connectivity index (χ4n) is 2.47. The van der Waals surface area contributed by atoms with Gasteiger partial charge < -0.3 is 14.2 Å². The molecule has 1 fully saturated rings. The lowest BCUT2D eigenvalue weighted by atomic mass is 10.2. The van der Waals surface area contributed by atoms with Crippen LogP contribution < -0.4 is 0 Å². The van der Waals surface area contributed by atoms with E-state index in [-0.39, 0.29) is 6.61 Å². The minimum absolute atomic E-state index is 0.0772. The summed E-state index contributed by atoms with van der Waals surface area (Å²) in [6.45, 7) is -0.0772. The van der Waals surface area contributed by atoms with Crippen molar-refractivity contribution < 1.29 is 9.63 Å². The molecular formula is C16H16N4O2S. The molecule has 0 aliphatic heterocycles. The Morgan fingerprint density at radius 1 is 1.22 bits per heavy atom. The third kappa shape index (κ3) is 3.02. The van der Waals surface area contributed by atoms with Gasteiger partial charge in [0.25, 0.3) is 0 Å². The molecule has 0 atom stereocenters. The van der Waals surface area contributed by atoms with E-state index in [0.29, 0.717) is 17.6 Å². The number of rotatable bonds is 6. The monoisotopic (exact) mass is 328 g/mol. The summed E-state index contributed by atoms with van der Waals surface area (Å²) in [6.07, 6.45) is 2.25. The molecule has 0 bridgehead atoms. The molecule has 1 saturated carbocycles. The maximum Gasteiger partial charge on any atom is 0.191 e. The van der Waals surface area contributed by atoms with Crippen LogP contribution in [0.4, 0.5) is 0 Å². The summed E-state index contributed by atoms with van der Waals surface area (Å²) in [5.74, 6) is 2.06. The molecule has 1 aromatic carbocycles. The maximum atomic E-state index is 9.36. The van der Waals surface area contributed by atoms with Crippen molar-refractivity contribution in [1.29, 1.82) is 0 Å². The molecule has 0 spiro atoms. The van der Waals surface area contributed by atoms with Crippen LogP contribution in [0.5, 0.6) is 0 Å². The van der Waals surface area contributed by atoms with E-state index in [9.17, 15) is 5.11 Å². The average molecular weight is 328 g/mol. The summed E-state index contributed by atoms with van der Waals surface area (Å²) < 4.78 is 7.45. The Morgan fingerprint density at radius 2 is 2.04 bits per heavy atom. The van der Waals surface area contributed by atoms with Crippen LogP contribution in [0.15, 0.2) is 46.1 Å². The van der Waals surface area contributed by atoms with Crippen molar-refractivity contribution in [1.82, 2.24) is 19.9 Å². The molecule has 2 heterocycles. The van der Waals surface area contributed by atoms with Crippen LogP contribution in [-0.4, -0.2) is 25.0 Å². The first kappa shape index (κ1) is 14.5. The highest BCUT2D eigenvalue weighted by molar-refractivity contribution is 7.98. The van der Waals surface area contributed by atoms with E-state index in [0.717, 1.165) is 35.0 Å². The molecule has 0 saturated heterocycles. The topological polar surface area (TPSA) is 77.0 Å². The third-order valence-corrected chi connectivity index (χ3v) is 4.73. The Labute approximate surface area is 137 Å². The Kier molecular flexibility index (Phi) is 3.88. The van der Waals surface area contributed by atoms with Crippen molar-refractivity contribution in [3.8, 4) is 11.3 Å². The summed E-state index contributed by atoms with van der Waals surface area (Å²) in [5, 5.41) is 22.6. The molecule has 4 rings (SSSR count). The number of benzene rings is 1. The molecule has 2 aromatic heterocycles. The zero-order chi connectivity index (χ0) is 15.6. The zero-order valence-electron chi connectivity index (χ0n) is 12.4. The van der Waals surface area contributed by atoms with Crippen LogP contribution >= 0.6 is 11.8 Å². The van der Waals surface area contributed by atoms with Crippen LogP contribution in [0.1, 0.15) is 30.4 Å². The first-order chi connectivity index (χ1) is 11.3. The lowest BCUT2D eigenvalue weighted by Crippen LogP contribution is -2.02. The second-order valence-electron chi connectivity index (χ2n) is 5.50. The van der Waals surface area contributed by atoms with Gasteiger partial charge in [0, 0.05) is 23.4 Å². The van der Waals surface area contributed by atoms with Gasteiger partial charge in [-0.3, -0.25) is 0 Å². The van der Waals surface area contributed by atoms with Gasteiger partial charge in [0.1, 0.15) is 6.61 Å². The highest BCUT2D eigenvalue weighted by Gasteiger charge is 2.29. The second-order valence-corrected chi connectivity index (χ2v) is 6.44. The molecule has 1 aliphatic rings. The van der Waals surface area contributed by atoms with Crippen LogP contribution in [0.2, 0.25) is 0 Å². The Bertz CT molecular complexity index is 796. The van der Waals surface area contributed by atoms with E-state index < -0.39 is 0 Å². The lowest BCUT2D eigenvalue weighted by Gasteiger charge is -2.05. The summed E-state index contributed by atoms with van der Waals surface area (Å²) in [6, 6.07) is 12.3. The van der Waals surface area contributed by atoms with Crippen LogP contribution in [0.3, 0.4) is 0 Å². The Balaban J connectivity index is 1.48. The van der Waals surface area contributed by atoms with E-state index >= 15 is 0 Å². The standard InChI is InChI=1S/C16H16N4O2S/c21-9-15-17-18-16(20(15)13-6-7-13)23-10-12-8-14(22-19-12)11-4-2-1-3-5-11/h1-5,8,13,21H,6-7,9-10H2. The van der Waals surface area contributed by atoms with E-state index in [1.807, 2.05) is 41.0 Å². The van der Waals surface area contributed by atoms with Crippen molar-refractivity contribution in [3.63, 3.8) is 0 Å². The summed E-state index contributed by atoms with van der Waals surface area (Å²) in [7, 11) is 0. The predicted octanol–water partition coefficient (Wildman–Crippen LogP) is 3.05. The van der Waals surface area contributed by atoms with Crippen LogP contribution in [0, 0.1) is 0 Å². The van der Waals surface area contributed by atoms with Gasteiger partial charge in [-0.1, -0.05) is 47.3 Å². The van der Waals surface area contributed by atoms with E-state index in [4.69, 9.17) is 4.52 Å². The minimum atomic E-state index is -0.0772. The number of hydrogen-bond acceptors (Lipinski definition) is 6. The molecule has 3 aromatic rings. The van der Waals surface area contributed by atoms with Crippen LogP contribution in [0.25, 0.3) is 11.3 Å². The van der Waals surface area contributed by atoms with Crippen molar-refractivity contribution in [3.05, 3.63) is 47.9 Å². The van der Waals surface area contributed by atoms with Crippen molar-refractivity contribution in [2.45, 2.75) is 36.4 Å². The molecule has 23 heavy (non-hydrogen) atoms. The number of nitrogens with zero attached hydrogens (tertiary/aromatic N) is 4. The minimum Gasteiger partial charge on any atom is -0.388 e. The molecule has 118 valence electrons. The van der Waals surface area contributed by atoms with E-state index in [1.54, 1.807) is 11.8 Å². The average Bonchev–Trinajstić information content (AvgIpc) is 3.18. The van der Waals surface area contributed by atoms with Crippen molar-refractivity contribution in [2.75, 3.05) is 0 Å². The SMILES string of the molecule is OCc1nnc(SCc2cc(-c3ccccc3)on2)n1C1CC1. The largest absolute Gasteiger partial charge is 0.388 e. The van der Waals surface area contributed by atoms with Crippen LogP contribution in [-0.2, 0) is 12.4 Å². The third-order valence-electron chi connectivity index (χ3n) is 3.75. The summed E-state index contributed by atoms with van der Waals surface area (Å²) in [4.78, 5) is 0. The summed E-state index contributed by atoms with van der Waals surface area (Å²) >= 11 is 1.57. The van der Waals surface area contributed by atoms with Gasteiger partial charge in [-0.15, -0.1) is 10.2 Å². The van der Waals surface area contributed by atoms with Crippen molar-refractivity contribution in [2.24, 2.45) is 0 Å². The molecule has 6 nitrogen and oxygen atoms in total. The summed E-state index contributed by atoms with van der Waals surface area (Å²) in [5.41, 5.74) is 1.88. The fourth-order valence-corrected chi connectivity index (χ4v) is 3.38. The maximum absolute atomic E-state index is 9.36. The van der Waals surface area contributed by atoms with Gasteiger partial charge in [0.05, 0.1) is 5.69 Å². The molecular weight excluding hydrogens is 312 g/mol. The number of aromatic nitrogens is 4. The highest BCUT2D eigenvalue weighted by atomic mass is 32.2. The lowest BCUT2D eigenvalue weighted by molar-refractivity contribution is 0.263. The molecule has 0 amide bonds.